The summed E-state index contributed by atoms with van der Waals surface area (Å²) in [5.41, 5.74) is 0.713. The van der Waals surface area contributed by atoms with Crippen LogP contribution >= 0.6 is 36.2 Å². The number of carbonyl (C=O) groups is 2. The number of hydrogen-bond donors (Lipinski definition) is 2. The molecule has 138 valence electrons. The van der Waals surface area contributed by atoms with Gasteiger partial charge < -0.3 is 15.4 Å². The summed E-state index contributed by atoms with van der Waals surface area (Å²) < 4.78 is 4.92. The first kappa shape index (κ1) is 23.1. The number of thiazole rings is 1. The second kappa shape index (κ2) is 12.4. The highest BCUT2D eigenvalue weighted by molar-refractivity contribution is 7.14. The van der Waals surface area contributed by atoms with Gasteiger partial charge in [0, 0.05) is 45.1 Å². The molecule has 0 radical (unpaired) electrons. The molecule has 0 aromatic carbocycles. The molecule has 0 saturated carbocycles. The lowest BCUT2D eigenvalue weighted by atomic mass is 10.3. The first-order valence-electron chi connectivity index (χ1n) is 7.42. The molecule has 2 N–H and O–H groups in total. The monoisotopic (exact) mass is 398 g/mol. The van der Waals surface area contributed by atoms with Gasteiger partial charge in [0.05, 0.1) is 18.7 Å². The molecule has 1 aliphatic rings. The zero-order chi connectivity index (χ0) is 15.8. The van der Waals surface area contributed by atoms with Gasteiger partial charge in [-0.1, -0.05) is 0 Å². The van der Waals surface area contributed by atoms with Crippen molar-refractivity contribution in [3.05, 3.63) is 11.1 Å². The molecule has 0 bridgehead atoms. The number of nitrogens with zero attached hydrogens (tertiary/aromatic N) is 2. The van der Waals surface area contributed by atoms with Crippen molar-refractivity contribution in [2.24, 2.45) is 0 Å². The number of halogens is 2. The third-order valence-corrected chi connectivity index (χ3v) is 4.20. The minimum Gasteiger partial charge on any atom is -0.383 e. The topological polar surface area (TPSA) is 83.6 Å². The molecule has 2 heterocycles. The van der Waals surface area contributed by atoms with Gasteiger partial charge in [0.25, 0.3) is 0 Å². The highest BCUT2D eigenvalue weighted by atomic mass is 35.5. The van der Waals surface area contributed by atoms with E-state index < -0.39 is 0 Å². The number of hydrogen-bond acceptors (Lipinski definition) is 6. The van der Waals surface area contributed by atoms with Crippen LogP contribution in [0.2, 0.25) is 0 Å². The smallest absolute Gasteiger partial charge is 0.228 e. The standard InChI is InChI=1S/C14H22N4O3S.2ClH/c1-21-8-6-15-4-5-16-12(19)9-11-10-22-14(17-11)18-7-2-3-13(18)20;;/h10,15H,2-9H2,1H3,(H,16,19);2*1H. The molecule has 1 aliphatic heterocycles. The lowest BCUT2D eigenvalue weighted by Crippen LogP contribution is -2.33. The summed E-state index contributed by atoms with van der Waals surface area (Å²) in [7, 11) is 1.65. The molecule has 0 spiro atoms. The molecule has 0 unspecified atom stereocenters. The number of ether oxygens (including phenoxy) is 1. The number of rotatable bonds is 9. The third kappa shape index (κ3) is 7.31. The molecule has 24 heavy (non-hydrogen) atoms. The van der Waals surface area contributed by atoms with Crippen LogP contribution in [-0.4, -0.2) is 56.7 Å². The summed E-state index contributed by atoms with van der Waals surface area (Å²) in [5.74, 6) is 0.0608. The Kier molecular flexibility index (Phi) is 12.0. The van der Waals surface area contributed by atoms with Crippen molar-refractivity contribution in [1.82, 2.24) is 15.6 Å². The van der Waals surface area contributed by atoms with Gasteiger partial charge in [-0.25, -0.2) is 4.98 Å². The second-order valence-electron chi connectivity index (χ2n) is 5.04. The fraction of sp³-hybridized carbons (Fsp3) is 0.643. The van der Waals surface area contributed by atoms with Crippen LogP contribution in [0.15, 0.2) is 5.38 Å². The number of amides is 2. The number of carbonyl (C=O) groups excluding carboxylic acids is 2. The number of methoxy groups -OCH3 is 1. The van der Waals surface area contributed by atoms with Gasteiger partial charge in [-0.3, -0.25) is 14.5 Å². The van der Waals surface area contributed by atoms with Crippen LogP contribution in [0.4, 0.5) is 5.13 Å². The van der Waals surface area contributed by atoms with Crippen molar-refractivity contribution in [1.29, 1.82) is 0 Å². The molecule has 1 saturated heterocycles. The Morgan fingerprint density at radius 3 is 2.83 bits per heavy atom. The van der Waals surface area contributed by atoms with Crippen LogP contribution in [0, 0.1) is 0 Å². The zero-order valence-electron chi connectivity index (χ0n) is 13.6. The SMILES string of the molecule is COCCNCCNC(=O)Cc1csc(N2CCCC2=O)n1.Cl.Cl. The average molecular weight is 399 g/mol. The summed E-state index contributed by atoms with van der Waals surface area (Å²) in [4.78, 5) is 29.6. The van der Waals surface area contributed by atoms with E-state index in [-0.39, 0.29) is 43.0 Å². The van der Waals surface area contributed by atoms with Crippen LogP contribution in [0.3, 0.4) is 0 Å². The highest BCUT2D eigenvalue weighted by Gasteiger charge is 2.24. The van der Waals surface area contributed by atoms with Crippen LogP contribution in [0.25, 0.3) is 0 Å². The van der Waals surface area contributed by atoms with Gasteiger partial charge in [0.15, 0.2) is 5.13 Å². The highest BCUT2D eigenvalue weighted by Crippen LogP contribution is 2.25. The third-order valence-electron chi connectivity index (χ3n) is 3.29. The summed E-state index contributed by atoms with van der Waals surface area (Å²) in [6.45, 7) is 3.44. The summed E-state index contributed by atoms with van der Waals surface area (Å²) >= 11 is 1.42. The fourth-order valence-corrected chi connectivity index (χ4v) is 3.04. The van der Waals surface area contributed by atoms with E-state index in [0.717, 1.165) is 19.5 Å². The van der Waals surface area contributed by atoms with Crippen molar-refractivity contribution in [3.8, 4) is 0 Å². The van der Waals surface area contributed by atoms with Gasteiger partial charge >= 0.3 is 0 Å². The fourth-order valence-electron chi connectivity index (χ4n) is 2.17. The number of aromatic nitrogens is 1. The molecule has 0 aliphatic carbocycles. The maximum atomic E-state index is 11.8. The van der Waals surface area contributed by atoms with Gasteiger partial charge in [0.1, 0.15) is 0 Å². The van der Waals surface area contributed by atoms with Crippen molar-refractivity contribution in [2.75, 3.05) is 44.8 Å². The van der Waals surface area contributed by atoms with Crippen LogP contribution in [-0.2, 0) is 20.7 Å². The van der Waals surface area contributed by atoms with Crippen molar-refractivity contribution in [3.63, 3.8) is 0 Å². The Balaban J connectivity index is 0.00000264. The minimum atomic E-state index is -0.0573. The molecule has 1 fully saturated rings. The minimum absolute atomic E-state index is 0. The van der Waals surface area contributed by atoms with E-state index in [4.69, 9.17) is 4.74 Å². The molecule has 10 heteroatoms. The largest absolute Gasteiger partial charge is 0.383 e. The summed E-state index contributed by atoms with van der Waals surface area (Å²) in [5, 5.41) is 8.54. The first-order chi connectivity index (χ1) is 10.7. The summed E-state index contributed by atoms with van der Waals surface area (Å²) in [6, 6.07) is 0. The predicted molar refractivity (Wildman–Crippen MR) is 99.7 cm³/mol. The van der Waals surface area contributed by atoms with Crippen molar-refractivity contribution >= 4 is 53.1 Å². The maximum absolute atomic E-state index is 11.8. The molecule has 2 amide bonds. The first-order valence-corrected chi connectivity index (χ1v) is 8.30. The molecule has 7 nitrogen and oxygen atoms in total. The van der Waals surface area contributed by atoms with Crippen molar-refractivity contribution < 1.29 is 14.3 Å². The van der Waals surface area contributed by atoms with E-state index in [2.05, 4.69) is 15.6 Å². The van der Waals surface area contributed by atoms with E-state index in [1.54, 1.807) is 12.0 Å². The zero-order valence-corrected chi connectivity index (χ0v) is 16.0. The lowest BCUT2D eigenvalue weighted by molar-refractivity contribution is -0.120. The van der Waals surface area contributed by atoms with Crippen LogP contribution in [0.5, 0.6) is 0 Å². The number of anilines is 1. The maximum Gasteiger partial charge on any atom is 0.228 e. The van der Waals surface area contributed by atoms with Crippen LogP contribution in [0.1, 0.15) is 18.5 Å². The van der Waals surface area contributed by atoms with E-state index in [0.29, 0.717) is 36.9 Å². The molecule has 0 atom stereocenters. The van der Waals surface area contributed by atoms with Gasteiger partial charge in [-0.05, 0) is 6.42 Å². The van der Waals surface area contributed by atoms with Gasteiger partial charge in [0.2, 0.25) is 11.8 Å². The quantitative estimate of drug-likeness (QED) is 0.606. The molecular formula is C14H24Cl2N4O3S. The Labute approximate surface area is 158 Å². The Morgan fingerprint density at radius 2 is 2.17 bits per heavy atom. The number of nitrogens with one attached hydrogen (secondary N) is 2. The molecule has 2 rings (SSSR count). The predicted octanol–water partition coefficient (Wildman–Crippen LogP) is 1.01. The van der Waals surface area contributed by atoms with E-state index in [9.17, 15) is 9.59 Å². The van der Waals surface area contributed by atoms with Crippen molar-refractivity contribution in [2.45, 2.75) is 19.3 Å². The molecule has 1 aromatic rings. The lowest BCUT2D eigenvalue weighted by Gasteiger charge is -2.10. The molecule has 1 aromatic heterocycles. The normalized spacial score (nSPS) is 13.4. The van der Waals surface area contributed by atoms with E-state index >= 15 is 0 Å². The summed E-state index contributed by atoms with van der Waals surface area (Å²) in [6.07, 6.45) is 1.71. The van der Waals surface area contributed by atoms with Crippen LogP contribution < -0.4 is 15.5 Å². The Bertz CT molecular complexity index is 516. The Hall–Kier alpha value is -0.930. The van der Waals surface area contributed by atoms with E-state index in [1.165, 1.54) is 11.3 Å². The second-order valence-corrected chi connectivity index (χ2v) is 5.88. The molecular weight excluding hydrogens is 375 g/mol. The average Bonchev–Trinajstić information content (AvgIpc) is 3.11. The van der Waals surface area contributed by atoms with Gasteiger partial charge in [-0.15, -0.1) is 36.2 Å². The van der Waals surface area contributed by atoms with Gasteiger partial charge in [-0.2, -0.15) is 0 Å². The Morgan fingerprint density at radius 1 is 1.38 bits per heavy atom. The van der Waals surface area contributed by atoms with E-state index in [1.807, 2.05) is 5.38 Å².